The molecule has 0 aliphatic carbocycles. The zero-order valence-electron chi connectivity index (χ0n) is 16.2. The summed E-state index contributed by atoms with van der Waals surface area (Å²) in [6.07, 6.45) is -0.854. The fourth-order valence-electron chi connectivity index (χ4n) is 4.16. The Balaban J connectivity index is 1.58. The summed E-state index contributed by atoms with van der Waals surface area (Å²) in [7, 11) is 0. The van der Waals surface area contributed by atoms with E-state index in [-0.39, 0.29) is 11.8 Å². The molecule has 0 saturated carbocycles. The number of imide groups is 1. The van der Waals surface area contributed by atoms with Gasteiger partial charge in [0.25, 0.3) is 5.91 Å². The van der Waals surface area contributed by atoms with Crippen molar-refractivity contribution in [1.29, 1.82) is 0 Å². The third-order valence-corrected chi connectivity index (χ3v) is 6.16. The maximum atomic E-state index is 13.5. The van der Waals surface area contributed by atoms with Gasteiger partial charge in [0, 0.05) is 4.47 Å². The molecule has 2 amide bonds. The first-order chi connectivity index (χ1) is 14.5. The highest BCUT2D eigenvalue weighted by atomic mass is 79.9. The fraction of sp³-hybridized carbons (Fsp3) is 0.167. The number of para-hydroxylation sites is 1. The Labute approximate surface area is 183 Å². The molecule has 2 saturated heterocycles. The Morgan fingerprint density at radius 2 is 1.47 bits per heavy atom. The summed E-state index contributed by atoms with van der Waals surface area (Å²) >= 11 is 3.46. The molecule has 5 nitrogen and oxygen atoms in total. The van der Waals surface area contributed by atoms with Crippen LogP contribution in [0.4, 0.5) is 11.4 Å². The van der Waals surface area contributed by atoms with Gasteiger partial charge in [0.15, 0.2) is 6.10 Å². The van der Waals surface area contributed by atoms with Crippen LogP contribution in [0.3, 0.4) is 0 Å². The lowest BCUT2D eigenvalue weighted by atomic mass is 9.90. The molecule has 0 bridgehead atoms. The molecule has 2 aliphatic rings. The van der Waals surface area contributed by atoms with Crippen molar-refractivity contribution in [3.63, 3.8) is 0 Å². The van der Waals surface area contributed by atoms with Gasteiger partial charge in [-0.25, -0.2) is 9.96 Å². The second-order valence-electron chi connectivity index (χ2n) is 7.56. The zero-order valence-corrected chi connectivity index (χ0v) is 17.8. The van der Waals surface area contributed by atoms with E-state index < -0.39 is 18.1 Å². The molecule has 3 aromatic carbocycles. The summed E-state index contributed by atoms with van der Waals surface area (Å²) in [4.78, 5) is 34.1. The lowest BCUT2D eigenvalue weighted by Gasteiger charge is -2.28. The summed E-state index contributed by atoms with van der Waals surface area (Å²) in [6.45, 7) is 1.97. The van der Waals surface area contributed by atoms with Gasteiger partial charge in [-0.3, -0.25) is 14.4 Å². The number of hydroxylamine groups is 1. The minimum absolute atomic E-state index is 0.236. The normalized spacial score (nSPS) is 23.2. The standard InChI is InChI=1S/C24H19BrN2O3/c1-15-7-13-18(14-8-15)26-23(28)20-21(16-9-11-17(25)12-10-16)27(30-22(20)24(26)29)19-5-3-2-4-6-19/h2-14,20-22H,1H3/t20-,21-,22+/m1/s1. The third-order valence-electron chi connectivity index (χ3n) is 5.63. The Bertz CT molecular complexity index is 1100. The fourth-order valence-corrected chi connectivity index (χ4v) is 4.42. The lowest BCUT2D eigenvalue weighted by molar-refractivity contribution is -0.126. The number of benzene rings is 3. The number of carbonyl (C=O) groups excluding carboxylic acids is 2. The molecule has 0 aromatic heterocycles. The largest absolute Gasteiger partial charge is 0.273 e. The first-order valence-corrected chi connectivity index (χ1v) is 10.5. The monoisotopic (exact) mass is 462 g/mol. The van der Waals surface area contributed by atoms with Crippen LogP contribution in [0.5, 0.6) is 0 Å². The number of hydrogen-bond acceptors (Lipinski definition) is 4. The van der Waals surface area contributed by atoms with E-state index in [0.29, 0.717) is 5.69 Å². The van der Waals surface area contributed by atoms with Crippen molar-refractivity contribution in [1.82, 2.24) is 0 Å². The number of aryl methyl sites for hydroxylation is 1. The van der Waals surface area contributed by atoms with Crippen molar-refractivity contribution in [3.8, 4) is 0 Å². The Hall–Kier alpha value is -2.96. The minimum atomic E-state index is -0.854. The molecule has 0 radical (unpaired) electrons. The zero-order chi connectivity index (χ0) is 20.8. The summed E-state index contributed by atoms with van der Waals surface area (Å²) in [6, 6.07) is 24.4. The van der Waals surface area contributed by atoms with E-state index in [9.17, 15) is 9.59 Å². The predicted octanol–water partition coefficient (Wildman–Crippen LogP) is 4.81. The van der Waals surface area contributed by atoms with E-state index in [1.807, 2.05) is 73.7 Å². The Morgan fingerprint density at radius 3 is 2.13 bits per heavy atom. The Kier molecular flexibility index (Phi) is 4.68. The van der Waals surface area contributed by atoms with Crippen molar-refractivity contribution < 1.29 is 14.4 Å². The second-order valence-corrected chi connectivity index (χ2v) is 8.47. The van der Waals surface area contributed by atoms with Crippen LogP contribution >= 0.6 is 15.9 Å². The van der Waals surface area contributed by atoms with Crippen LogP contribution in [-0.2, 0) is 14.4 Å². The molecule has 2 fully saturated rings. The molecule has 30 heavy (non-hydrogen) atoms. The van der Waals surface area contributed by atoms with E-state index in [1.165, 1.54) is 4.90 Å². The van der Waals surface area contributed by atoms with Gasteiger partial charge in [0.05, 0.1) is 17.4 Å². The second kappa shape index (κ2) is 7.38. The minimum Gasteiger partial charge on any atom is -0.273 e. The van der Waals surface area contributed by atoms with Gasteiger partial charge in [-0.2, -0.15) is 0 Å². The van der Waals surface area contributed by atoms with Gasteiger partial charge in [0.2, 0.25) is 5.91 Å². The number of fused-ring (bicyclic) bond motifs is 1. The van der Waals surface area contributed by atoms with E-state index >= 15 is 0 Å². The number of hydrogen-bond donors (Lipinski definition) is 0. The predicted molar refractivity (Wildman–Crippen MR) is 118 cm³/mol. The molecular weight excluding hydrogens is 444 g/mol. The van der Waals surface area contributed by atoms with Crippen molar-refractivity contribution in [2.75, 3.05) is 9.96 Å². The first-order valence-electron chi connectivity index (χ1n) is 9.75. The average Bonchev–Trinajstić information content (AvgIpc) is 3.27. The highest BCUT2D eigenvalue weighted by Crippen LogP contribution is 2.47. The molecule has 150 valence electrons. The molecule has 5 rings (SSSR count). The maximum absolute atomic E-state index is 13.5. The van der Waals surface area contributed by atoms with Crippen molar-refractivity contribution in [3.05, 3.63) is 94.5 Å². The molecule has 0 N–H and O–H groups in total. The number of carbonyl (C=O) groups is 2. The topological polar surface area (TPSA) is 49.9 Å². The van der Waals surface area contributed by atoms with E-state index in [1.54, 1.807) is 17.2 Å². The van der Waals surface area contributed by atoms with E-state index in [2.05, 4.69) is 15.9 Å². The molecule has 6 heteroatoms. The van der Waals surface area contributed by atoms with Gasteiger partial charge >= 0.3 is 0 Å². The number of amides is 2. The number of anilines is 2. The number of nitrogens with zero attached hydrogens (tertiary/aromatic N) is 2. The molecule has 3 aromatic rings. The van der Waals surface area contributed by atoms with E-state index in [4.69, 9.17) is 4.84 Å². The molecular formula is C24H19BrN2O3. The lowest BCUT2D eigenvalue weighted by Crippen LogP contribution is -2.37. The van der Waals surface area contributed by atoms with Crippen LogP contribution < -0.4 is 9.96 Å². The molecule has 0 spiro atoms. The highest BCUT2D eigenvalue weighted by Gasteiger charge is 2.60. The summed E-state index contributed by atoms with van der Waals surface area (Å²) in [5.41, 5.74) is 3.37. The summed E-state index contributed by atoms with van der Waals surface area (Å²) in [5, 5.41) is 1.71. The van der Waals surface area contributed by atoms with Crippen molar-refractivity contribution in [2.24, 2.45) is 5.92 Å². The summed E-state index contributed by atoms with van der Waals surface area (Å²) < 4.78 is 0.947. The van der Waals surface area contributed by atoms with Crippen LogP contribution in [0.1, 0.15) is 17.2 Å². The van der Waals surface area contributed by atoms with Gasteiger partial charge < -0.3 is 0 Å². The van der Waals surface area contributed by atoms with Crippen LogP contribution in [0, 0.1) is 12.8 Å². The molecule has 3 atom stereocenters. The summed E-state index contributed by atoms with van der Waals surface area (Å²) in [5.74, 6) is -1.19. The van der Waals surface area contributed by atoms with Crippen LogP contribution in [0.2, 0.25) is 0 Å². The number of halogens is 1. The van der Waals surface area contributed by atoms with Gasteiger partial charge in [0.1, 0.15) is 5.92 Å². The Morgan fingerprint density at radius 1 is 0.800 bits per heavy atom. The van der Waals surface area contributed by atoms with Crippen molar-refractivity contribution in [2.45, 2.75) is 19.1 Å². The molecule has 0 unspecified atom stereocenters. The highest BCUT2D eigenvalue weighted by molar-refractivity contribution is 9.10. The molecule has 2 heterocycles. The van der Waals surface area contributed by atoms with Gasteiger partial charge in [-0.1, -0.05) is 64.0 Å². The smallest absolute Gasteiger partial charge is 0.266 e. The first kappa shape index (κ1) is 19.0. The average molecular weight is 463 g/mol. The maximum Gasteiger partial charge on any atom is 0.266 e. The van der Waals surface area contributed by atoms with Crippen LogP contribution in [-0.4, -0.2) is 17.9 Å². The van der Waals surface area contributed by atoms with Gasteiger partial charge in [-0.05, 0) is 48.9 Å². The van der Waals surface area contributed by atoms with Crippen LogP contribution in [0.25, 0.3) is 0 Å². The molecule has 2 aliphatic heterocycles. The van der Waals surface area contributed by atoms with Crippen LogP contribution in [0.15, 0.2) is 83.3 Å². The van der Waals surface area contributed by atoms with Crippen molar-refractivity contribution >= 4 is 39.1 Å². The third kappa shape index (κ3) is 3.04. The SMILES string of the molecule is Cc1ccc(N2C(=O)[C@H]3[C@H](ON(c4ccccc4)[C@@H]3c3ccc(Br)cc3)C2=O)cc1. The quantitative estimate of drug-likeness (QED) is 0.524. The van der Waals surface area contributed by atoms with E-state index in [0.717, 1.165) is 21.3 Å². The van der Waals surface area contributed by atoms with Gasteiger partial charge in [-0.15, -0.1) is 0 Å². The number of rotatable bonds is 3.